The van der Waals surface area contributed by atoms with Gasteiger partial charge in [-0.3, -0.25) is 4.79 Å². The third-order valence-electron chi connectivity index (χ3n) is 4.72. The number of carbonyl (C=O) groups excluding carboxylic acids is 2. The molecular weight excluding hydrogens is 338 g/mol. The Hall–Kier alpha value is -1.64. The number of rotatable bonds is 8. The van der Waals surface area contributed by atoms with E-state index in [1.165, 1.54) is 6.42 Å². The molecule has 0 saturated heterocycles. The highest BCUT2D eigenvalue weighted by Gasteiger charge is 2.29. The molecule has 0 aromatic rings. The minimum absolute atomic E-state index is 0.144. The Morgan fingerprint density at radius 2 is 1.96 bits per heavy atom. The molecule has 1 saturated carbocycles. The number of amides is 3. The van der Waals surface area contributed by atoms with E-state index in [0.717, 1.165) is 25.7 Å². The Kier molecular flexibility index (Phi) is 8.87. The highest BCUT2D eigenvalue weighted by Crippen LogP contribution is 2.18. The molecule has 2 rings (SSSR count). The molecule has 148 valence electrons. The van der Waals surface area contributed by atoms with Crippen molar-refractivity contribution in [2.24, 2.45) is 0 Å². The zero-order chi connectivity index (χ0) is 18.8. The summed E-state index contributed by atoms with van der Waals surface area (Å²) < 4.78 is 10.6. The minimum Gasteiger partial charge on any atom is -0.394 e. The summed E-state index contributed by atoms with van der Waals surface area (Å²) in [5.74, 6) is -0.144. The number of aliphatic hydroxyl groups excluding tert-OH is 1. The van der Waals surface area contributed by atoms with Crippen LogP contribution in [0.3, 0.4) is 0 Å². The van der Waals surface area contributed by atoms with Gasteiger partial charge < -0.3 is 30.5 Å². The van der Waals surface area contributed by atoms with E-state index in [1.807, 2.05) is 0 Å². The summed E-state index contributed by atoms with van der Waals surface area (Å²) in [6.07, 6.45) is 8.25. The normalized spacial score (nSPS) is 26.3. The Morgan fingerprint density at radius 3 is 2.65 bits per heavy atom. The molecule has 26 heavy (non-hydrogen) atoms. The van der Waals surface area contributed by atoms with Crippen LogP contribution in [0.5, 0.6) is 0 Å². The molecule has 0 spiro atoms. The first-order valence-electron chi connectivity index (χ1n) is 9.39. The van der Waals surface area contributed by atoms with Crippen LogP contribution < -0.4 is 16.0 Å². The van der Waals surface area contributed by atoms with E-state index in [-0.39, 0.29) is 31.0 Å². The topological polar surface area (TPSA) is 109 Å². The highest BCUT2D eigenvalue weighted by molar-refractivity contribution is 5.77. The average Bonchev–Trinajstić information content (AvgIpc) is 2.64. The van der Waals surface area contributed by atoms with Crippen molar-refractivity contribution in [1.29, 1.82) is 0 Å². The van der Waals surface area contributed by atoms with Gasteiger partial charge in [-0.1, -0.05) is 31.4 Å². The zero-order valence-electron chi connectivity index (χ0n) is 15.4. The summed E-state index contributed by atoms with van der Waals surface area (Å²) in [6, 6.07) is -0.450. The Balaban J connectivity index is 1.78. The first kappa shape index (κ1) is 20.7. The minimum atomic E-state index is -0.575. The quantitative estimate of drug-likeness (QED) is 0.367. The second kappa shape index (κ2) is 11.2. The number of ether oxygens (including phenoxy) is 2. The number of hydrogen-bond acceptors (Lipinski definition) is 5. The van der Waals surface area contributed by atoms with Crippen molar-refractivity contribution in [3.8, 4) is 0 Å². The van der Waals surface area contributed by atoms with Gasteiger partial charge >= 0.3 is 6.03 Å². The monoisotopic (exact) mass is 369 g/mol. The highest BCUT2D eigenvalue weighted by atomic mass is 16.5. The zero-order valence-corrected chi connectivity index (χ0v) is 15.4. The summed E-state index contributed by atoms with van der Waals surface area (Å²) in [4.78, 5) is 24.0. The lowest BCUT2D eigenvalue weighted by Crippen LogP contribution is -2.53. The van der Waals surface area contributed by atoms with Gasteiger partial charge in [0.05, 0.1) is 31.8 Å². The molecule has 4 N–H and O–H groups in total. The van der Waals surface area contributed by atoms with Gasteiger partial charge in [-0.05, 0) is 12.8 Å². The van der Waals surface area contributed by atoms with E-state index >= 15 is 0 Å². The lowest BCUT2D eigenvalue weighted by atomic mass is 9.96. The van der Waals surface area contributed by atoms with Gasteiger partial charge in [-0.25, -0.2) is 4.79 Å². The summed E-state index contributed by atoms with van der Waals surface area (Å²) in [5, 5.41) is 18.1. The maximum absolute atomic E-state index is 12.2. The summed E-state index contributed by atoms with van der Waals surface area (Å²) >= 11 is 0. The second-order valence-electron chi connectivity index (χ2n) is 6.81. The van der Waals surface area contributed by atoms with Gasteiger partial charge in [-0.2, -0.15) is 0 Å². The van der Waals surface area contributed by atoms with Gasteiger partial charge in [0.1, 0.15) is 6.10 Å². The van der Waals surface area contributed by atoms with Crippen molar-refractivity contribution >= 4 is 11.9 Å². The molecule has 1 aliphatic heterocycles. The van der Waals surface area contributed by atoms with Crippen LogP contribution in [0.1, 0.15) is 38.5 Å². The van der Waals surface area contributed by atoms with Gasteiger partial charge in [-0.15, -0.1) is 0 Å². The lowest BCUT2D eigenvalue weighted by molar-refractivity contribution is -0.125. The maximum Gasteiger partial charge on any atom is 0.315 e. The predicted molar refractivity (Wildman–Crippen MR) is 96.7 cm³/mol. The molecule has 0 unspecified atom stereocenters. The van der Waals surface area contributed by atoms with Gasteiger partial charge in [0, 0.05) is 19.7 Å². The molecule has 8 nitrogen and oxygen atoms in total. The number of carbonyl (C=O) groups is 2. The van der Waals surface area contributed by atoms with Crippen LogP contribution in [-0.4, -0.2) is 68.2 Å². The lowest BCUT2D eigenvalue weighted by Gasteiger charge is -2.32. The molecule has 0 radical (unpaired) electrons. The molecule has 3 amide bonds. The Morgan fingerprint density at radius 1 is 1.19 bits per heavy atom. The summed E-state index contributed by atoms with van der Waals surface area (Å²) in [5.41, 5.74) is 0. The molecule has 1 aliphatic carbocycles. The van der Waals surface area contributed by atoms with Crippen LogP contribution in [-0.2, 0) is 14.3 Å². The van der Waals surface area contributed by atoms with E-state index in [1.54, 1.807) is 19.3 Å². The number of methoxy groups -OCH3 is 1. The van der Waals surface area contributed by atoms with Crippen LogP contribution in [0.2, 0.25) is 0 Å². The molecular formula is C18H31N3O5. The van der Waals surface area contributed by atoms with Crippen LogP contribution in [0, 0.1) is 0 Å². The predicted octanol–water partition coefficient (Wildman–Crippen LogP) is 0.456. The SMILES string of the molecule is COCCNC(=O)C[C@@H]1C=C[C@H](NC(=O)NC2CCCCC2)[C@@H](CO)O1. The van der Waals surface area contributed by atoms with E-state index < -0.39 is 18.2 Å². The fourth-order valence-corrected chi connectivity index (χ4v) is 3.31. The molecule has 0 aromatic carbocycles. The average molecular weight is 369 g/mol. The molecule has 3 atom stereocenters. The number of hydrogen-bond donors (Lipinski definition) is 4. The Bertz CT molecular complexity index is 479. The summed E-state index contributed by atoms with van der Waals surface area (Å²) in [7, 11) is 1.57. The number of urea groups is 1. The van der Waals surface area contributed by atoms with Crippen LogP contribution in [0.4, 0.5) is 4.79 Å². The fraction of sp³-hybridized carbons (Fsp3) is 0.778. The van der Waals surface area contributed by atoms with Crippen molar-refractivity contribution < 1.29 is 24.2 Å². The van der Waals surface area contributed by atoms with E-state index in [9.17, 15) is 14.7 Å². The van der Waals surface area contributed by atoms with Crippen molar-refractivity contribution in [2.45, 2.75) is 62.8 Å². The smallest absolute Gasteiger partial charge is 0.315 e. The van der Waals surface area contributed by atoms with Gasteiger partial charge in [0.15, 0.2) is 0 Å². The molecule has 1 heterocycles. The molecule has 0 bridgehead atoms. The third-order valence-corrected chi connectivity index (χ3v) is 4.72. The first-order valence-corrected chi connectivity index (χ1v) is 9.39. The van der Waals surface area contributed by atoms with E-state index in [0.29, 0.717) is 13.2 Å². The Labute approximate surface area is 154 Å². The standard InChI is InChI=1S/C18H31N3O5/c1-25-10-9-19-17(23)11-14-7-8-15(16(12-22)26-14)21-18(24)20-13-5-3-2-4-6-13/h7-8,13-16,22H,2-6,9-12H2,1H3,(H,19,23)(H2,20,21,24)/t14-,15-,16+/m0/s1. The summed E-state index contributed by atoms with van der Waals surface area (Å²) in [6.45, 7) is 0.662. The van der Waals surface area contributed by atoms with Crippen molar-refractivity contribution in [3.05, 3.63) is 12.2 Å². The van der Waals surface area contributed by atoms with Crippen molar-refractivity contribution in [2.75, 3.05) is 26.9 Å². The fourth-order valence-electron chi connectivity index (χ4n) is 3.31. The second-order valence-corrected chi connectivity index (χ2v) is 6.81. The van der Waals surface area contributed by atoms with Gasteiger partial charge in [0.25, 0.3) is 0 Å². The molecule has 8 heteroatoms. The van der Waals surface area contributed by atoms with E-state index in [2.05, 4.69) is 16.0 Å². The molecule has 2 aliphatic rings. The maximum atomic E-state index is 12.2. The van der Waals surface area contributed by atoms with Crippen molar-refractivity contribution in [3.63, 3.8) is 0 Å². The van der Waals surface area contributed by atoms with Gasteiger partial charge in [0.2, 0.25) is 5.91 Å². The molecule has 1 fully saturated rings. The largest absolute Gasteiger partial charge is 0.394 e. The van der Waals surface area contributed by atoms with Crippen LogP contribution in [0.15, 0.2) is 12.2 Å². The number of aliphatic hydroxyl groups is 1. The van der Waals surface area contributed by atoms with E-state index in [4.69, 9.17) is 9.47 Å². The first-order chi connectivity index (χ1) is 12.6. The van der Waals surface area contributed by atoms with Crippen LogP contribution >= 0.6 is 0 Å². The molecule has 0 aromatic heterocycles. The van der Waals surface area contributed by atoms with Crippen LogP contribution in [0.25, 0.3) is 0 Å². The number of nitrogens with one attached hydrogen (secondary N) is 3. The van der Waals surface area contributed by atoms with Crippen molar-refractivity contribution in [1.82, 2.24) is 16.0 Å². The third kappa shape index (κ3) is 6.93.